The van der Waals surface area contributed by atoms with Crippen molar-refractivity contribution in [2.75, 3.05) is 10.2 Å². The minimum atomic E-state index is -0.117. The normalized spacial score (nSPS) is 16.3. The van der Waals surface area contributed by atoms with Crippen molar-refractivity contribution >= 4 is 17.7 Å². The number of carbonyl (C=O) groups excluding carboxylic acids is 1. The molecule has 6 rings (SSSR count). The van der Waals surface area contributed by atoms with E-state index in [2.05, 4.69) is 36.9 Å². The highest BCUT2D eigenvalue weighted by Crippen LogP contribution is 2.31. The predicted octanol–water partition coefficient (Wildman–Crippen LogP) is 5.07. The molecule has 0 unspecified atom stereocenters. The Balaban J connectivity index is 1.16. The predicted molar refractivity (Wildman–Crippen MR) is 163 cm³/mol. The smallest absolute Gasteiger partial charge is 0.322 e. The Morgan fingerprint density at radius 3 is 2.47 bits per heavy atom. The van der Waals surface area contributed by atoms with Gasteiger partial charge in [-0.25, -0.2) is 14.5 Å². The lowest BCUT2D eigenvalue weighted by atomic mass is 9.90. The van der Waals surface area contributed by atoms with E-state index in [-0.39, 0.29) is 18.1 Å². The SMILES string of the molecule is Cn1cc(-c2ccc(N(C(=O)NCc3ccccc3)[C@H]3CC[C@H](Nc4ncc(C#N)c(-n5cccn5)n4)CC3)cc2)cn1. The molecule has 43 heavy (non-hydrogen) atoms. The first-order valence-electron chi connectivity index (χ1n) is 14.3. The van der Waals surface area contributed by atoms with Crippen LogP contribution in [-0.2, 0) is 13.6 Å². The van der Waals surface area contributed by atoms with Gasteiger partial charge in [-0.05, 0) is 55.0 Å². The summed E-state index contributed by atoms with van der Waals surface area (Å²) in [5.74, 6) is 0.895. The lowest BCUT2D eigenvalue weighted by Crippen LogP contribution is -2.48. The highest BCUT2D eigenvalue weighted by atomic mass is 16.2. The van der Waals surface area contributed by atoms with Crippen LogP contribution in [0.5, 0.6) is 0 Å². The van der Waals surface area contributed by atoms with Gasteiger partial charge < -0.3 is 10.6 Å². The van der Waals surface area contributed by atoms with Crippen molar-refractivity contribution in [2.24, 2.45) is 7.05 Å². The molecule has 2 aromatic carbocycles. The minimum absolute atomic E-state index is 0.0274. The third-order valence-corrected chi connectivity index (χ3v) is 7.69. The van der Waals surface area contributed by atoms with E-state index in [0.29, 0.717) is 23.9 Å². The van der Waals surface area contributed by atoms with Crippen LogP contribution < -0.4 is 15.5 Å². The van der Waals surface area contributed by atoms with E-state index >= 15 is 0 Å². The van der Waals surface area contributed by atoms with E-state index in [0.717, 1.165) is 48.1 Å². The van der Waals surface area contributed by atoms with Gasteiger partial charge in [0.05, 0.1) is 12.4 Å². The number of carbonyl (C=O) groups is 1. The molecule has 11 heteroatoms. The maximum atomic E-state index is 13.7. The number of nitrogens with zero attached hydrogens (tertiary/aromatic N) is 8. The average Bonchev–Trinajstić information content (AvgIpc) is 3.74. The van der Waals surface area contributed by atoms with Crippen LogP contribution in [0.25, 0.3) is 16.9 Å². The number of benzene rings is 2. The van der Waals surface area contributed by atoms with Crippen molar-refractivity contribution < 1.29 is 4.79 Å². The molecule has 2 N–H and O–H groups in total. The van der Waals surface area contributed by atoms with Crippen molar-refractivity contribution in [2.45, 2.75) is 44.3 Å². The molecular formula is C32H32N10O. The third kappa shape index (κ3) is 6.38. The van der Waals surface area contributed by atoms with Gasteiger partial charge in [-0.2, -0.15) is 20.4 Å². The van der Waals surface area contributed by atoms with Crippen molar-refractivity contribution in [1.82, 2.24) is 34.8 Å². The summed E-state index contributed by atoms with van der Waals surface area (Å²) in [4.78, 5) is 24.5. The maximum absolute atomic E-state index is 13.7. The number of aromatic nitrogens is 6. The summed E-state index contributed by atoms with van der Waals surface area (Å²) in [5, 5.41) is 24.6. The molecule has 0 atom stereocenters. The lowest BCUT2D eigenvalue weighted by molar-refractivity contribution is 0.240. The summed E-state index contributed by atoms with van der Waals surface area (Å²) in [6.07, 6.45) is 12.0. The van der Waals surface area contributed by atoms with Crippen molar-refractivity contribution in [3.63, 3.8) is 0 Å². The molecule has 1 aliphatic rings. The summed E-state index contributed by atoms with van der Waals surface area (Å²) in [5.41, 5.74) is 4.33. The van der Waals surface area contributed by atoms with Gasteiger partial charge in [0.15, 0.2) is 5.82 Å². The molecule has 0 saturated heterocycles. The number of urea groups is 1. The zero-order valence-corrected chi connectivity index (χ0v) is 23.8. The van der Waals surface area contributed by atoms with Crippen molar-refractivity contribution in [3.05, 3.63) is 103 Å². The topological polar surface area (TPSA) is 130 Å². The molecule has 0 spiro atoms. The second kappa shape index (κ2) is 12.6. The van der Waals surface area contributed by atoms with Crippen LogP contribution in [0.1, 0.15) is 36.8 Å². The number of nitriles is 1. The molecule has 3 heterocycles. The van der Waals surface area contributed by atoms with E-state index in [1.54, 1.807) is 27.8 Å². The van der Waals surface area contributed by atoms with Crippen LogP contribution in [-0.4, -0.2) is 47.6 Å². The van der Waals surface area contributed by atoms with Gasteiger partial charge in [-0.1, -0.05) is 42.5 Å². The van der Waals surface area contributed by atoms with Gasteiger partial charge in [0.25, 0.3) is 0 Å². The number of nitrogens with one attached hydrogen (secondary N) is 2. The van der Waals surface area contributed by atoms with E-state index in [1.165, 1.54) is 6.20 Å². The highest BCUT2D eigenvalue weighted by molar-refractivity contribution is 5.93. The number of aryl methyl sites for hydroxylation is 1. The largest absolute Gasteiger partial charge is 0.351 e. The van der Waals surface area contributed by atoms with Crippen LogP contribution in [0.4, 0.5) is 16.4 Å². The molecular weight excluding hydrogens is 540 g/mol. The Morgan fingerprint density at radius 1 is 1.00 bits per heavy atom. The van der Waals surface area contributed by atoms with E-state index in [4.69, 9.17) is 0 Å². The molecule has 0 bridgehead atoms. The molecule has 5 aromatic rings. The molecule has 0 radical (unpaired) electrons. The van der Waals surface area contributed by atoms with Gasteiger partial charge in [0, 0.05) is 55.5 Å². The highest BCUT2D eigenvalue weighted by Gasteiger charge is 2.30. The molecule has 216 valence electrons. The monoisotopic (exact) mass is 572 g/mol. The van der Waals surface area contributed by atoms with Gasteiger partial charge >= 0.3 is 6.03 Å². The molecule has 11 nitrogen and oxygen atoms in total. The van der Waals surface area contributed by atoms with Crippen LogP contribution >= 0.6 is 0 Å². The molecule has 1 saturated carbocycles. The second-order valence-electron chi connectivity index (χ2n) is 10.6. The van der Waals surface area contributed by atoms with E-state index < -0.39 is 0 Å². The van der Waals surface area contributed by atoms with Gasteiger partial charge in [0.2, 0.25) is 5.95 Å². The fourth-order valence-electron chi connectivity index (χ4n) is 5.49. The summed E-state index contributed by atoms with van der Waals surface area (Å²) in [7, 11) is 1.90. The van der Waals surface area contributed by atoms with Crippen LogP contribution in [0.3, 0.4) is 0 Å². The van der Waals surface area contributed by atoms with Gasteiger partial charge in [-0.15, -0.1) is 0 Å². The second-order valence-corrected chi connectivity index (χ2v) is 10.6. The standard InChI is InChI=1S/C32H32N10O/c1-40-22-26(21-37-40)24-8-12-28(13-9-24)42(32(43)35-19-23-6-3-2-4-7-23)29-14-10-27(11-15-29)38-31-34-20-25(18-33)30(39-31)41-17-5-16-36-41/h2-9,12-13,16-17,20-22,27,29H,10-11,14-15,19H2,1H3,(H,35,43)(H,34,38,39)/t27-,29-. The number of rotatable bonds is 8. The maximum Gasteiger partial charge on any atom is 0.322 e. The van der Waals surface area contributed by atoms with Crippen LogP contribution in [0.2, 0.25) is 0 Å². The van der Waals surface area contributed by atoms with Gasteiger partial charge in [0.1, 0.15) is 11.6 Å². The molecule has 3 aromatic heterocycles. The molecule has 1 fully saturated rings. The Morgan fingerprint density at radius 2 is 1.79 bits per heavy atom. The first-order chi connectivity index (χ1) is 21.1. The Bertz CT molecular complexity index is 1700. The summed E-state index contributed by atoms with van der Waals surface area (Å²) >= 11 is 0. The number of hydrogen-bond donors (Lipinski definition) is 2. The Hall–Kier alpha value is -5.50. The molecule has 1 aliphatic carbocycles. The Labute approximate surface area is 249 Å². The fourth-order valence-corrected chi connectivity index (χ4v) is 5.49. The zero-order chi connectivity index (χ0) is 29.6. The summed E-state index contributed by atoms with van der Waals surface area (Å²) in [6.45, 7) is 0.454. The average molecular weight is 573 g/mol. The summed E-state index contributed by atoms with van der Waals surface area (Å²) in [6, 6.07) is 22.0. The first-order valence-corrected chi connectivity index (χ1v) is 14.3. The first kappa shape index (κ1) is 27.7. The number of anilines is 2. The van der Waals surface area contributed by atoms with E-state index in [9.17, 15) is 10.1 Å². The number of amides is 2. The van der Waals surface area contributed by atoms with E-state index in [1.807, 2.05) is 78.9 Å². The quantitative estimate of drug-likeness (QED) is 0.265. The van der Waals surface area contributed by atoms with Crippen LogP contribution in [0.15, 0.2) is 91.6 Å². The molecule has 0 aliphatic heterocycles. The van der Waals surface area contributed by atoms with Crippen molar-refractivity contribution in [3.8, 4) is 23.0 Å². The van der Waals surface area contributed by atoms with Crippen LogP contribution in [0, 0.1) is 11.3 Å². The third-order valence-electron chi connectivity index (χ3n) is 7.69. The fraction of sp³-hybridized carbons (Fsp3) is 0.250. The molecule has 2 amide bonds. The van der Waals surface area contributed by atoms with Gasteiger partial charge in [-0.3, -0.25) is 9.58 Å². The number of hydrogen-bond acceptors (Lipinski definition) is 7. The Kier molecular flexibility index (Phi) is 8.08. The minimum Gasteiger partial charge on any atom is -0.351 e. The van der Waals surface area contributed by atoms with Crippen molar-refractivity contribution in [1.29, 1.82) is 5.26 Å². The zero-order valence-electron chi connectivity index (χ0n) is 23.8. The lowest BCUT2D eigenvalue weighted by Gasteiger charge is -2.37. The summed E-state index contributed by atoms with van der Waals surface area (Å²) < 4.78 is 3.34.